The lowest BCUT2D eigenvalue weighted by atomic mass is 9.97. The van der Waals surface area contributed by atoms with Crippen molar-refractivity contribution in [3.63, 3.8) is 0 Å². The summed E-state index contributed by atoms with van der Waals surface area (Å²) in [6.07, 6.45) is 1.62. The van der Waals surface area contributed by atoms with Gasteiger partial charge in [-0.3, -0.25) is 4.79 Å². The number of hydrogen-bond acceptors (Lipinski definition) is 3. The number of aliphatic carboxylic acids is 1. The van der Waals surface area contributed by atoms with Crippen molar-refractivity contribution in [2.75, 3.05) is 6.54 Å². The Balaban J connectivity index is 3.63. The molecule has 0 aromatic carbocycles. The monoisotopic (exact) mass is 160 g/mol. The van der Waals surface area contributed by atoms with Crippen molar-refractivity contribution >= 4 is 5.97 Å². The van der Waals surface area contributed by atoms with Crippen molar-refractivity contribution in [1.82, 2.24) is 0 Å². The number of rotatable bonds is 5. The SMILES string of the molecule is CC(CCCN)[C@H](N)C(=O)O. The third kappa shape index (κ3) is 3.95. The van der Waals surface area contributed by atoms with Crippen molar-refractivity contribution in [2.45, 2.75) is 25.8 Å². The Morgan fingerprint density at radius 3 is 2.55 bits per heavy atom. The smallest absolute Gasteiger partial charge is 0.320 e. The lowest BCUT2D eigenvalue weighted by Crippen LogP contribution is -2.36. The van der Waals surface area contributed by atoms with Gasteiger partial charge in [-0.05, 0) is 25.3 Å². The molecule has 0 amide bonds. The molecule has 0 saturated heterocycles. The summed E-state index contributed by atoms with van der Waals surface area (Å²) in [6, 6.07) is -0.749. The van der Waals surface area contributed by atoms with Crippen molar-refractivity contribution in [1.29, 1.82) is 0 Å². The largest absolute Gasteiger partial charge is 0.480 e. The van der Waals surface area contributed by atoms with E-state index in [4.69, 9.17) is 16.6 Å². The molecule has 0 bridgehead atoms. The third-order valence-electron chi connectivity index (χ3n) is 1.76. The zero-order chi connectivity index (χ0) is 8.85. The van der Waals surface area contributed by atoms with Gasteiger partial charge in [-0.15, -0.1) is 0 Å². The van der Waals surface area contributed by atoms with Crippen molar-refractivity contribution < 1.29 is 9.90 Å². The highest BCUT2D eigenvalue weighted by Crippen LogP contribution is 2.08. The molecule has 5 N–H and O–H groups in total. The maximum absolute atomic E-state index is 10.3. The van der Waals surface area contributed by atoms with Gasteiger partial charge in [-0.25, -0.2) is 0 Å². The molecule has 0 aromatic rings. The van der Waals surface area contributed by atoms with Gasteiger partial charge in [0.2, 0.25) is 0 Å². The number of carboxylic acids is 1. The van der Waals surface area contributed by atoms with Crippen LogP contribution in [0.1, 0.15) is 19.8 Å². The van der Waals surface area contributed by atoms with E-state index in [0.29, 0.717) is 6.54 Å². The molecule has 0 heterocycles. The predicted molar refractivity (Wildman–Crippen MR) is 43.1 cm³/mol. The maximum atomic E-state index is 10.3. The van der Waals surface area contributed by atoms with Gasteiger partial charge < -0.3 is 16.6 Å². The summed E-state index contributed by atoms with van der Waals surface area (Å²) in [5.41, 5.74) is 10.6. The first-order chi connectivity index (χ1) is 5.09. The van der Waals surface area contributed by atoms with Crippen LogP contribution in [0.2, 0.25) is 0 Å². The summed E-state index contributed by atoms with van der Waals surface area (Å²) in [5.74, 6) is -0.925. The number of carboxylic acid groups (broad SMARTS) is 1. The Labute approximate surface area is 66.6 Å². The van der Waals surface area contributed by atoms with Crippen molar-refractivity contribution in [2.24, 2.45) is 17.4 Å². The van der Waals surface area contributed by atoms with E-state index in [1.165, 1.54) is 0 Å². The molecule has 66 valence electrons. The molecule has 0 fully saturated rings. The Bertz CT molecular complexity index is 128. The highest BCUT2D eigenvalue weighted by Gasteiger charge is 2.18. The predicted octanol–water partition coefficient (Wildman–Crippen LogP) is -0.227. The van der Waals surface area contributed by atoms with Crippen LogP contribution in [0.5, 0.6) is 0 Å². The van der Waals surface area contributed by atoms with Crippen LogP contribution < -0.4 is 11.5 Å². The average molecular weight is 160 g/mol. The summed E-state index contributed by atoms with van der Waals surface area (Å²) >= 11 is 0. The molecule has 0 radical (unpaired) electrons. The van der Waals surface area contributed by atoms with Crippen molar-refractivity contribution in [3.8, 4) is 0 Å². The zero-order valence-corrected chi connectivity index (χ0v) is 6.79. The Morgan fingerprint density at radius 1 is 1.64 bits per heavy atom. The molecule has 0 aliphatic rings. The van der Waals surface area contributed by atoms with Gasteiger partial charge >= 0.3 is 5.97 Å². The Hall–Kier alpha value is -0.610. The van der Waals surface area contributed by atoms with E-state index in [1.807, 2.05) is 6.92 Å². The van der Waals surface area contributed by atoms with Crippen LogP contribution in [0.25, 0.3) is 0 Å². The fourth-order valence-electron chi connectivity index (χ4n) is 0.863. The number of hydrogen-bond donors (Lipinski definition) is 3. The lowest BCUT2D eigenvalue weighted by molar-refractivity contribution is -0.139. The number of nitrogens with two attached hydrogens (primary N) is 2. The zero-order valence-electron chi connectivity index (χ0n) is 6.79. The Kier molecular flexibility index (Phi) is 4.81. The second-order valence-electron chi connectivity index (χ2n) is 2.77. The first kappa shape index (κ1) is 10.4. The quantitative estimate of drug-likeness (QED) is 0.518. The van der Waals surface area contributed by atoms with Crippen LogP contribution in [0.15, 0.2) is 0 Å². The summed E-state index contributed by atoms with van der Waals surface area (Å²) in [7, 11) is 0. The molecule has 0 aliphatic heterocycles. The molecule has 11 heavy (non-hydrogen) atoms. The standard InChI is InChI=1S/C7H16N2O2/c1-5(3-2-4-8)6(9)7(10)11/h5-6H,2-4,8-9H2,1H3,(H,10,11)/t5?,6-/m0/s1. The van der Waals surface area contributed by atoms with Gasteiger partial charge in [-0.1, -0.05) is 6.92 Å². The molecule has 0 aromatic heterocycles. The second kappa shape index (κ2) is 5.09. The van der Waals surface area contributed by atoms with Gasteiger partial charge in [0, 0.05) is 0 Å². The van der Waals surface area contributed by atoms with E-state index in [2.05, 4.69) is 0 Å². The van der Waals surface area contributed by atoms with E-state index < -0.39 is 12.0 Å². The fraction of sp³-hybridized carbons (Fsp3) is 0.857. The lowest BCUT2D eigenvalue weighted by Gasteiger charge is -2.14. The van der Waals surface area contributed by atoms with E-state index in [9.17, 15) is 4.79 Å². The van der Waals surface area contributed by atoms with Gasteiger partial charge in [0.1, 0.15) is 6.04 Å². The summed E-state index contributed by atoms with van der Waals surface area (Å²) in [6.45, 7) is 2.42. The molecule has 0 aliphatic carbocycles. The van der Waals surface area contributed by atoms with Crippen LogP contribution in [0, 0.1) is 5.92 Å². The minimum atomic E-state index is -0.936. The fourth-order valence-corrected chi connectivity index (χ4v) is 0.863. The molecule has 0 spiro atoms. The van der Waals surface area contributed by atoms with Crippen LogP contribution in [0.3, 0.4) is 0 Å². The van der Waals surface area contributed by atoms with Gasteiger partial charge in [0.25, 0.3) is 0 Å². The molecule has 4 heteroatoms. The summed E-state index contributed by atoms with van der Waals surface area (Å²) in [4.78, 5) is 10.3. The highest BCUT2D eigenvalue weighted by molar-refractivity contribution is 5.73. The summed E-state index contributed by atoms with van der Waals surface area (Å²) in [5, 5.41) is 8.50. The molecule has 0 rings (SSSR count). The normalized spacial score (nSPS) is 15.9. The topological polar surface area (TPSA) is 89.3 Å². The third-order valence-corrected chi connectivity index (χ3v) is 1.76. The van der Waals surface area contributed by atoms with E-state index in [0.717, 1.165) is 12.8 Å². The minimum Gasteiger partial charge on any atom is -0.480 e. The molecule has 2 atom stereocenters. The van der Waals surface area contributed by atoms with Gasteiger partial charge in [0.15, 0.2) is 0 Å². The molecule has 0 saturated carbocycles. The molecule has 1 unspecified atom stereocenters. The van der Waals surface area contributed by atoms with Crippen LogP contribution in [-0.4, -0.2) is 23.7 Å². The van der Waals surface area contributed by atoms with Crippen molar-refractivity contribution in [3.05, 3.63) is 0 Å². The number of carbonyl (C=O) groups is 1. The van der Waals surface area contributed by atoms with Crippen LogP contribution in [0.4, 0.5) is 0 Å². The molecular formula is C7H16N2O2. The average Bonchev–Trinajstić information content (AvgIpc) is 1.98. The molecular weight excluding hydrogens is 144 g/mol. The maximum Gasteiger partial charge on any atom is 0.320 e. The first-order valence-electron chi connectivity index (χ1n) is 3.78. The second-order valence-corrected chi connectivity index (χ2v) is 2.77. The van der Waals surface area contributed by atoms with E-state index in [-0.39, 0.29) is 5.92 Å². The van der Waals surface area contributed by atoms with Crippen LogP contribution in [-0.2, 0) is 4.79 Å². The minimum absolute atomic E-state index is 0.0102. The van der Waals surface area contributed by atoms with E-state index >= 15 is 0 Å². The first-order valence-corrected chi connectivity index (χ1v) is 3.78. The Morgan fingerprint density at radius 2 is 2.18 bits per heavy atom. The summed E-state index contributed by atoms with van der Waals surface area (Å²) < 4.78 is 0. The van der Waals surface area contributed by atoms with Gasteiger partial charge in [-0.2, -0.15) is 0 Å². The van der Waals surface area contributed by atoms with Crippen LogP contribution >= 0.6 is 0 Å². The molecule has 4 nitrogen and oxygen atoms in total. The highest BCUT2D eigenvalue weighted by atomic mass is 16.4. The van der Waals surface area contributed by atoms with E-state index in [1.54, 1.807) is 0 Å². The van der Waals surface area contributed by atoms with Gasteiger partial charge in [0.05, 0.1) is 0 Å².